The van der Waals surface area contributed by atoms with Gasteiger partial charge in [0.1, 0.15) is 5.41 Å². The summed E-state index contributed by atoms with van der Waals surface area (Å²) in [5, 5.41) is 0. The summed E-state index contributed by atoms with van der Waals surface area (Å²) in [7, 11) is 0. The zero-order chi connectivity index (χ0) is 8.60. The summed E-state index contributed by atoms with van der Waals surface area (Å²) in [6, 6.07) is 0. The summed E-state index contributed by atoms with van der Waals surface area (Å²) < 4.78 is 0. The largest absolute Gasteiger partial charge is 0.103 e. The Bertz CT molecular complexity index is 157. The molecule has 0 radical (unpaired) electrons. The topological polar surface area (TPSA) is 0 Å². The Balaban J connectivity index is 1.99. The molecule has 2 aliphatic carbocycles. The SMILES string of the molecule is CC1(C)[CH+]C[C@@H]2CCCC[C@@H]2C1. The zero-order valence-electron chi connectivity index (χ0n) is 8.47. The molecule has 0 saturated heterocycles. The summed E-state index contributed by atoms with van der Waals surface area (Å²) in [6.45, 7) is 4.80. The van der Waals surface area contributed by atoms with Crippen LogP contribution in [0.25, 0.3) is 0 Å². The van der Waals surface area contributed by atoms with E-state index in [1.54, 1.807) is 0 Å². The van der Waals surface area contributed by atoms with Crippen LogP contribution in [0.5, 0.6) is 0 Å². The van der Waals surface area contributed by atoms with Gasteiger partial charge in [-0.25, -0.2) is 0 Å². The molecule has 2 aliphatic rings. The number of hydrogen-bond donors (Lipinski definition) is 0. The van der Waals surface area contributed by atoms with Crippen LogP contribution in [0.3, 0.4) is 0 Å². The van der Waals surface area contributed by atoms with Crippen LogP contribution in [0.1, 0.15) is 52.4 Å². The van der Waals surface area contributed by atoms with Gasteiger partial charge in [0, 0.05) is 5.92 Å². The Morgan fingerprint density at radius 1 is 1.08 bits per heavy atom. The Morgan fingerprint density at radius 2 is 1.75 bits per heavy atom. The molecular weight excluding hydrogens is 144 g/mol. The molecule has 2 atom stereocenters. The third kappa shape index (κ3) is 1.62. The van der Waals surface area contributed by atoms with Gasteiger partial charge in [0.05, 0.1) is 12.8 Å². The van der Waals surface area contributed by atoms with Gasteiger partial charge in [0.2, 0.25) is 0 Å². The number of fused-ring (bicyclic) bond motifs is 1. The van der Waals surface area contributed by atoms with Crippen LogP contribution >= 0.6 is 0 Å². The van der Waals surface area contributed by atoms with Gasteiger partial charge in [0.25, 0.3) is 0 Å². The van der Waals surface area contributed by atoms with Gasteiger partial charge < -0.3 is 0 Å². The minimum absolute atomic E-state index is 0.540. The maximum absolute atomic E-state index is 2.57. The highest BCUT2D eigenvalue weighted by Gasteiger charge is 2.41. The van der Waals surface area contributed by atoms with Crippen LogP contribution in [-0.4, -0.2) is 0 Å². The lowest BCUT2D eigenvalue weighted by molar-refractivity contribution is 0.127. The van der Waals surface area contributed by atoms with E-state index >= 15 is 0 Å². The molecule has 0 aromatic heterocycles. The highest BCUT2D eigenvalue weighted by atomic mass is 14.4. The summed E-state index contributed by atoms with van der Waals surface area (Å²) in [6.07, 6.45) is 11.4. The first-order valence-corrected chi connectivity index (χ1v) is 5.52. The van der Waals surface area contributed by atoms with E-state index in [2.05, 4.69) is 20.3 Å². The van der Waals surface area contributed by atoms with Crippen molar-refractivity contribution in [1.82, 2.24) is 0 Å². The quantitative estimate of drug-likeness (QED) is 0.479. The molecule has 0 aliphatic heterocycles. The van der Waals surface area contributed by atoms with E-state index in [1.807, 2.05) is 0 Å². The molecular formula is C12H21+. The standard InChI is InChI=1S/C12H21/c1-12(2)8-7-10-5-3-4-6-11(10)9-12/h8,10-11H,3-7,9H2,1-2H3/q+1/t10-,11+/m0/s1. The van der Waals surface area contributed by atoms with E-state index in [9.17, 15) is 0 Å². The predicted molar refractivity (Wildman–Crippen MR) is 52.8 cm³/mol. The molecule has 2 saturated carbocycles. The van der Waals surface area contributed by atoms with Gasteiger partial charge in [-0.15, -0.1) is 0 Å². The zero-order valence-corrected chi connectivity index (χ0v) is 8.47. The highest BCUT2D eigenvalue weighted by molar-refractivity contribution is 4.96. The minimum Gasteiger partial charge on any atom is -0.0530 e. The van der Waals surface area contributed by atoms with Crippen molar-refractivity contribution in [3.8, 4) is 0 Å². The van der Waals surface area contributed by atoms with E-state index in [0.29, 0.717) is 5.41 Å². The van der Waals surface area contributed by atoms with Crippen LogP contribution in [0.2, 0.25) is 0 Å². The molecule has 0 N–H and O–H groups in total. The van der Waals surface area contributed by atoms with Gasteiger partial charge >= 0.3 is 0 Å². The van der Waals surface area contributed by atoms with Gasteiger partial charge in [-0.05, 0) is 39.0 Å². The van der Waals surface area contributed by atoms with E-state index in [0.717, 1.165) is 11.8 Å². The highest BCUT2D eigenvalue weighted by Crippen LogP contribution is 2.47. The van der Waals surface area contributed by atoms with Crippen molar-refractivity contribution in [2.75, 3.05) is 0 Å². The Labute approximate surface area is 76.7 Å². The molecule has 0 unspecified atom stereocenters. The second-order valence-electron chi connectivity index (χ2n) is 5.44. The van der Waals surface area contributed by atoms with Crippen molar-refractivity contribution in [2.24, 2.45) is 17.3 Å². The van der Waals surface area contributed by atoms with Crippen LogP contribution in [0.4, 0.5) is 0 Å². The van der Waals surface area contributed by atoms with E-state index in [1.165, 1.54) is 38.5 Å². The first-order chi connectivity index (χ1) is 5.67. The molecule has 68 valence electrons. The van der Waals surface area contributed by atoms with E-state index in [4.69, 9.17) is 0 Å². The Hall–Kier alpha value is -0.130. The van der Waals surface area contributed by atoms with E-state index in [-0.39, 0.29) is 0 Å². The molecule has 0 spiro atoms. The van der Waals surface area contributed by atoms with Crippen LogP contribution < -0.4 is 0 Å². The molecule has 12 heavy (non-hydrogen) atoms. The van der Waals surface area contributed by atoms with Crippen molar-refractivity contribution in [3.63, 3.8) is 0 Å². The van der Waals surface area contributed by atoms with Crippen LogP contribution in [0.15, 0.2) is 0 Å². The molecule has 0 heteroatoms. The van der Waals surface area contributed by atoms with Gasteiger partial charge in [-0.1, -0.05) is 12.8 Å². The van der Waals surface area contributed by atoms with Crippen molar-refractivity contribution in [2.45, 2.75) is 52.4 Å². The fourth-order valence-electron chi connectivity index (χ4n) is 3.09. The molecule has 0 nitrogen and oxygen atoms in total. The van der Waals surface area contributed by atoms with Crippen molar-refractivity contribution < 1.29 is 0 Å². The van der Waals surface area contributed by atoms with Crippen molar-refractivity contribution >= 4 is 0 Å². The van der Waals surface area contributed by atoms with Gasteiger partial charge in [-0.3, -0.25) is 0 Å². The third-order valence-electron chi connectivity index (χ3n) is 3.83. The van der Waals surface area contributed by atoms with Crippen molar-refractivity contribution in [3.05, 3.63) is 6.42 Å². The van der Waals surface area contributed by atoms with Gasteiger partial charge in [-0.2, -0.15) is 0 Å². The summed E-state index contributed by atoms with van der Waals surface area (Å²) in [4.78, 5) is 0. The maximum Gasteiger partial charge on any atom is 0.103 e. The molecule has 0 bridgehead atoms. The lowest BCUT2D eigenvalue weighted by atomic mass is 9.63. The molecule has 0 aromatic carbocycles. The molecule has 0 aromatic rings. The van der Waals surface area contributed by atoms with Crippen LogP contribution in [0, 0.1) is 23.7 Å². The smallest absolute Gasteiger partial charge is 0.0530 e. The minimum atomic E-state index is 0.540. The first kappa shape index (κ1) is 8.47. The van der Waals surface area contributed by atoms with E-state index < -0.39 is 0 Å². The average Bonchev–Trinajstić information content (AvgIpc) is 2.02. The molecule has 2 fully saturated rings. The lowest BCUT2D eigenvalue weighted by Crippen LogP contribution is -2.32. The average molecular weight is 165 g/mol. The van der Waals surface area contributed by atoms with Gasteiger partial charge in [0.15, 0.2) is 0 Å². The number of hydrogen-bond acceptors (Lipinski definition) is 0. The van der Waals surface area contributed by atoms with Crippen molar-refractivity contribution in [1.29, 1.82) is 0 Å². The summed E-state index contributed by atoms with van der Waals surface area (Å²) >= 11 is 0. The Morgan fingerprint density at radius 3 is 2.50 bits per heavy atom. The second kappa shape index (κ2) is 2.97. The fraction of sp³-hybridized carbons (Fsp3) is 0.917. The second-order valence-corrected chi connectivity index (χ2v) is 5.44. The lowest BCUT2D eigenvalue weighted by Gasteiger charge is -2.37. The third-order valence-corrected chi connectivity index (χ3v) is 3.83. The fourth-order valence-corrected chi connectivity index (χ4v) is 3.09. The Kier molecular flexibility index (Phi) is 2.10. The maximum atomic E-state index is 2.57. The summed E-state index contributed by atoms with van der Waals surface area (Å²) in [5.74, 6) is 2.13. The molecule has 0 amide bonds. The predicted octanol–water partition coefficient (Wildman–Crippen LogP) is 3.82. The molecule has 0 heterocycles. The van der Waals surface area contributed by atoms with Crippen LogP contribution in [-0.2, 0) is 0 Å². The number of rotatable bonds is 0. The summed E-state index contributed by atoms with van der Waals surface area (Å²) in [5.41, 5.74) is 0.540. The molecule has 2 rings (SSSR count). The normalized spacial score (nSPS) is 39.8. The first-order valence-electron chi connectivity index (χ1n) is 5.52. The monoisotopic (exact) mass is 165 g/mol.